The van der Waals surface area contributed by atoms with Crippen molar-refractivity contribution in [1.82, 2.24) is 0 Å². The van der Waals surface area contributed by atoms with Crippen molar-refractivity contribution < 1.29 is 18.7 Å². The van der Waals surface area contributed by atoms with Crippen LogP contribution >= 0.6 is 15.9 Å². The van der Waals surface area contributed by atoms with E-state index < -0.39 is 12.1 Å². The van der Waals surface area contributed by atoms with E-state index in [1.807, 2.05) is 0 Å². The van der Waals surface area contributed by atoms with Crippen LogP contribution in [0.4, 0.5) is 4.39 Å². The monoisotopic (exact) mass is 274 g/mol. The van der Waals surface area contributed by atoms with E-state index in [9.17, 15) is 9.18 Å². The first-order valence-electron chi connectivity index (χ1n) is 4.39. The van der Waals surface area contributed by atoms with Gasteiger partial charge in [0, 0.05) is 10.0 Å². The number of carbonyl (C=O) groups is 1. The lowest BCUT2D eigenvalue weighted by Crippen LogP contribution is -2.04. The number of hydrogen-bond acceptors (Lipinski definition) is 3. The van der Waals surface area contributed by atoms with Crippen LogP contribution in [0.5, 0.6) is 0 Å². The molecule has 1 aromatic carbocycles. The Hall–Kier alpha value is -0.780. The highest BCUT2D eigenvalue weighted by Gasteiger charge is 2.23. The Morgan fingerprint density at radius 2 is 2.07 bits per heavy atom. The molecule has 0 aliphatic carbocycles. The molecule has 0 atom stereocenters. The molecule has 1 fully saturated rings. The highest BCUT2D eigenvalue weighted by molar-refractivity contribution is 9.10. The third-order valence-electron chi connectivity index (χ3n) is 2.10. The van der Waals surface area contributed by atoms with Gasteiger partial charge in [0.2, 0.25) is 0 Å². The number of ether oxygens (including phenoxy) is 2. The van der Waals surface area contributed by atoms with Gasteiger partial charge in [-0.25, -0.2) is 4.39 Å². The van der Waals surface area contributed by atoms with E-state index in [-0.39, 0.29) is 11.1 Å². The Balaban J connectivity index is 2.44. The van der Waals surface area contributed by atoms with Gasteiger partial charge in [-0.2, -0.15) is 0 Å². The smallest absolute Gasteiger partial charge is 0.186 e. The minimum Gasteiger partial charge on any atom is -0.346 e. The average molecular weight is 275 g/mol. The highest BCUT2D eigenvalue weighted by Crippen LogP contribution is 2.29. The fraction of sp³-hybridized carbons (Fsp3) is 0.300. The van der Waals surface area contributed by atoms with Gasteiger partial charge in [0.05, 0.1) is 18.8 Å². The largest absolute Gasteiger partial charge is 0.346 e. The van der Waals surface area contributed by atoms with Crippen molar-refractivity contribution in [3.05, 3.63) is 33.5 Å². The van der Waals surface area contributed by atoms with Gasteiger partial charge in [0.15, 0.2) is 12.6 Å². The third kappa shape index (κ3) is 2.09. The number of aldehydes is 1. The molecular weight excluding hydrogens is 267 g/mol. The summed E-state index contributed by atoms with van der Waals surface area (Å²) in [5.74, 6) is -0.583. The topological polar surface area (TPSA) is 35.5 Å². The summed E-state index contributed by atoms with van der Waals surface area (Å²) in [6.07, 6.45) is -0.236. The van der Waals surface area contributed by atoms with E-state index in [1.165, 1.54) is 6.07 Å². The second-order valence-electron chi connectivity index (χ2n) is 3.09. The number of halogens is 2. The maximum absolute atomic E-state index is 13.7. The van der Waals surface area contributed by atoms with Crippen molar-refractivity contribution in [3.8, 4) is 0 Å². The second kappa shape index (κ2) is 4.38. The molecule has 0 bridgehead atoms. The SMILES string of the molecule is O=Cc1cc(Br)cc(C2OCCO2)c1F. The van der Waals surface area contributed by atoms with Crippen molar-refractivity contribution in [2.24, 2.45) is 0 Å². The standard InChI is InChI=1S/C10H8BrFO3/c11-7-3-6(5-13)9(12)8(4-7)10-14-1-2-15-10/h3-5,10H,1-2H2. The molecule has 0 N–H and O–H groups in total. The van der Waals surface area contributed by atoms with Gasteiger partial charge in [-0.05, 0) is 12.1 Å². The maximum atomic E-state index is 13.7. The van der Waals surface area contributed by atoms with Crippen LogP contribution in [0, 0.1) is 5.82 Å². The van der Waals surface area contributed by atoms with Crippen molar-refractivity contribution in [2.75, 3.05) is 13.2 Å². The Morgan fingerprint density at radius 1 is 1.40 bits per heavy atom. The van der Waals surface area contributed by atoms with Gasteiger partial charge in [-0.3, -0.25) is 4.79 Å². The summed E-state index contributed by atoms with van der Waals surface area (Å²) in [4.78, 5) is 10.6. The fourth-order valence-corrected chi connectivity index (χ4v) is 1.92. The Bertz CT molecular complexity index is 388. The molecule has 0 spiro atoms. The van der Waals surface area contributed by atoms with Crippen LogP contribution in [0.2, 0.25) is 0 Å². The first-order chi connectivity index (χ1) is 7.22. The lowest BCUT2D eigenvalue weighted by Gasteiger charge is -2.11. The molecule has 1 saturated heterocycles. The highest BCUT2D eigenvalue weighted by atomic mass is 79.9. The normalized spacial score (nSPS) is 16.9. The summed E-state index contributed by atoms with van der Waals surface area (Å²) in [5, 5.41) is 0. The fourth-order valence-electron chi connectivity index (χ4n) is 1.43. The van der Waals surface area contributed by atoms with Crippen LogP contribution in [0.25, 0.3) is 0 Å². The van der Waals surface area contributed by atoms with Crippen LogP contribution in [0.15, 0.2) is 16.6 Å². The molecule has 5 heteroatoms. The maximum Gasteiger partial charge on any atom is 0.186 e. The van der Waals surface area contributed by atoms with Gasteiger partial charge in [0.1, 0.15) is 5.82 Å². The molecule has 3 nitrogen and oxygen atoms in total. The zero-order chi connectivity index (χ0) is 10.8. The van der Waals surface area contributed by atoms with Crippen LogP contribution in [0.3, 0.4) is 0 Å². The van der Waals surface area contributed by atoms with Crippen molar-refractivity contribution in [2.45, 2.75) is 6.29 Å². The summed E-state index contributed by atoms with van der Waals surface area (Å²) >= 11 is 3.20. The molecule has 0 saturated carbocycles. The summed E-state index contributed by atoms with van der Waals surface area (Å²) in [6.45, 7) is 0.875. The van der Waals surface area contributed by atoms with E-state index >= 15 is 0 Å². The van der Waals surface area contributed by atoms with Crippen molar-refractivity contribution >= 4 is 22.2 Å². The molecule has 1 heterocycles. The van der Waals surface area contributed by atoms with E-state index in [1.54, 1.807) is 6.07 Å². The van der Waals surface area contributed by atoms with E-state index in [4.69, 9.17) is 9.47 Å². The zero-order valence-corrected chi connectivity index (χ0v) is 9.29. The molecule has 0 amide bonds. The summed E-state index contributed by atoms with van der Waals surface area (Å²) in [5.41, 5.74) is 0.252. The quantitative estimate of drug-likeness (QED) is 0.778. The third-order valence-corrected chi connectivity index (χ3v) is 2.55. The van der Waals surface area contributed by atoms with E-state index in [0.29, 0.717) is 24.0 Å². The Morgan fingerprint density at radius 3 is 2.67 bits per heavy atom. The number of carbonyl (C=O) groups excluding carboxylic acids is 1. The zero-order valence-electron chi connectivity index (χ0n) is 7.70. The van der Waals surface area contributed by atoms with Crippen LogP contribution in [-0.4, -0.2) is 19.5 Å². The van der Waals surface area contributed by atoms with Gasteiger partial charge in [-0.15, -0.1) is 0 Å². The number of rotatable bonds is 2. The lowest BCUT2D eigenvalue weighted by molar-refractivity contribution is -0.0465. The minimum absolute atomic E-state index is 0.00141. The van der Waals surface area contributed by atoms with Crippen molar-refractivity contribution in [3.63, 3.8) is 0 Å². The van der Waals surface area contributed by atoms with Crippen LogP contribution in [-0.2, 0) is 9.47 Å². The summed E-state index contributed by atoms with van der Waals surface area (Å²) < 4.78 is 24.7. The van der Waals surface area contributed by atoms with Crippen LogP contribution < -0.4 is 0 Å². The Kier molecular flexibility index (Phi) is 3.14. The molecule has 0 aromatic heterocycles. The first kappa shape index (κ1) is 10.7. The summed E-state index contributed by atoms with van der Waals surface area (Å²) in [7, 11) is 0. The Labute approximate surface area is 94.3 Å². The van der Waals surface area contributed by atoms with Gasteiger partial charge >= 0.3 is 0 Å². The molecule has 0 unspecified atom stereocenters. The molecule has 15 heavy (non-hydrogen) atoms. The molecular formula is C10H8BrFO3. The second-order valence-corrected chi connectivity index (χ2v) is 4.01. The first-order valence-corrected chi connectivity index (χ1v) is 5.19. The number of benzene rings is 1. The lowest BCUT2D eigenvalue weighted by atomic mass is 10.1. The van der Waals surface area contributed by atoms with Gasteiger partial charge in [-0.1, -0.05) is 15.9 Å². The van der Waals surface area contributed by atoms with Gasteiger partial charge in [0.25, 0.3) is 0 Å². The summed E-state index contributed by atoms with van der Waals surface area (Å²) in [6, 6.07) is 2.97. The van der Waals surface area contributed by atoms with E-state index in [0.717, 1.165) is 0 Å². The molecule has 80 valence electrons. The van der Waals surface area contributed by atoms with Gasteiger partial charge < -0.3 is 9.47 Å². The predicted molar refractivity (Wildman–Crippen MR) is 54.1 cm³/mol. The molecule has 2 rings (SSSR count). The number of hydrogen-bond donors (Lipinski definition) is 0. The van der Waals surface area contributed by atoms with E-state index in [2.05, 4.69) is 15.9 Å². The van der Waals surface area contributed by atoms with Crippen molar-refractivity contribution in [1.29, 1.82) is 0 Å². The molecule has 1 aliphatic heterocycles. The average Bonchev–Trinajstić information content (AvgIpc) is 2.74. The molecule has 0 radical (unpaired) electrons. The molecule has 1 aliphatic rings. The predicted octanol–water partition coefficient (Wildman–Crippen LogP) is 2.45. The minimum atomic E-state index is -0.707. The molecule has 1 aromatic rings. The van der Waals surface area contributed by atoms with Crippen LogP contribution in [0.1, 0.15) is 22.2 Å².